The largest absolute Gasteiger partial charge is 0.463 e. The van der Waals surface area contributed by atoms with Crippen molar-refractivity contribution in [2.45, 2.75) is 6.92 Å². The van der Waals surface area contributed by atoms with E-state index in [1.54, 1.807) is 55.5 Å². The lowest BCUT2D eigenvalue weighted by Crippen LogP contribution is -2.14. The van der Waals surface area contributed by atoms with Gasteiger partial charge in [0.15, 0.2) is 5.43 Å². The Morgan fingerprint density at radius 3 is 2.67 bits per heavy atom. The van der Waals surface area contributed by atoms with Crippen molar-refractivity contribution in [2.24, 2.45) is 0 Å². The highest BCUT2D eigenvalue weighted by Gasteiger charge is 2.13. The lowest BCUT2D eigenvalue weighted by molar-refractivity contribution is -0.111. The summed E-state index contributed by atoms with van der Waals surface area (Å²) >= 11 is 0. The molecule has 0 radical (unpaired) electrons. The molecule has 1 aromatic heterocycles. The van der Waals surface area contributed by atoms with Gasteiger partial charge in [-0.15, -0.1) is 0 Å². The smallest absolute Gasteiger partial charge is 0.340 e. The molecule has 6 nitrogen and oxygen atoms in total. The summed E-state index contributed by atoms with van der Waals surface area (Å²) in [7, 11) is 0. The number of ether oxygens (including phenoxy) is 1. The maximum atomic E-state index is 12.4. The van der Waals surface area contributed by atoms with Crippen LogP contribution in [-0.4, -0.2) is 18.5 Å². The van der Waals surface area contributed by atoms with Crippen LogP contribution in [0.4, 0.5) is 5.69 Å². The van der Waals surface area contributed by atoms with Crippen LogP contribution in [0.2, 0.25) is 0 Å². The molecule has 136 valence electrons. The molecular formula is C21H17NO5. The van der Waals surface area contributed by atoms with E-state index in [1.165, 1.54) is 18.4 Å². The third-order valence-corrected chi connectivity index (χ3v) is 3.80. The Labute approximate surface area is 155 Å². The number of amides is 1. The van der Waals surface area contributed by atoms with Crippen LogP contribution in [0.5, 0.6) is 0 Å². The van der Waals surface area contributed by atoms with Crippen LogP contribution < -0.4 is 10.7 Å². The molecule has 0 aliphatic heterocycles. The molecule has 1 N–H and O–H groups in total. The summed E-state index contributed by atoms with van der Waals surface area (Å²) in [6.45, 7) is 1.94. The maximum absolute atomic E-state index is 12.4. The van der Waals surface area contributed by atoms with Gasteiger partial charge in [0.1, 0.15) is 11.8 Å². The fraction of sp³-hybridized carbons (Fsp3) is 0.0952. The zero-order valence-corrected chi connectivity index (χ0v) is 14.6. The molecule has 3 rings (SSSR count). The molecule has 0 spiro atoms. The van der Waals surface area contributed by atoms with Crippen LogP contribution >= 0.6 is 0 Å². The number of rotatable bonds is 5. The van der Waals surface area contributed by atoms with Gasteiger partial charge in [0.05, 0.1) is 28.8 Å². The van der Waals surface area contributed by atoms with Crippen molar-refractivity contribution in [1.82, 2.24) is 0 Å². The number of hydrogen-bond donors (Lipinski definition) is 1. The van der Waals surface area contributed by atoms with Gasteiger partial charge in [0, 0.05) is 6.08 Å². The molecule has 2 aromatic carbocycles. The summed E-state index contributed by atoms with van der Waals surface area (Å²) in [6, 6.07) is 13.4. The Kier molecular flexibility index (Phi) is 5.47. The van der Waals surface area contributed by atoms with Gasteiger partial charge in [-0.25, -0.2) is 4.79 Å². The van der Waals surface area contributed by atoms with Crippen molar-refractivity contribution in [3.8, 4) is 0 Å². The molecule has 0 unspecified atom stereocenters. The highest BCUT2D eigenvalue weighted by molar-refractivity contribution is 6.06. The molecule has 0 aliphatic carbocycles. The van der Waals surface area contributed by atoms with Crippen LogP contribution in [0.25, 0.3) is 17.0 Å². The Hall–Kier alpha value is -3.67. The first kappa shape index (κ1) is 18.1. The molecule has 3 aromatic rings. The van der Waals surface area contributed by atoms with Crippen molar-refractivity contribution >= 4 is 34.6 Å². The number of nitrogens with one attached hydrogen (secondary N) is 1. The van der Waals surface area contributed by atoms with E-state index in [9.17, 15) is 14.4 Å². The van der Waals surface area contributed by atoms with Crippen molar-refractivity contribution in [3.63, 3.8) is 0 Å². The zero-order chi connectivity index (χ0) is 19.2. The average Bonchev–Trinajstić information content (AvgIpc) is 2.68. The van der Waals surface area contributed by atoms with Gasteiger partial charge in [-0.1, -0.05) is 24.3 Å². The van der Waals surface area contributed by atoms with Crippen LogP contribution in [0, 0.1) is 0 Å². The summed E-state index contributed by atoms with van der Waals surface area (Å²) in [5.41, 5.74) is 1.09. The van der Waals surface area contributed by atoms with Crippen LogP contribution in [0.1, 0.15) is 22.8 Å². The second kappa shape index (κ2) is 8.14. The zero-order valence-electron chi connectivity index (χ0n) is 14.6. The van der Waals surface area contributed by atoms with E-state index in [4.69, 9.17) is 9.15 Å². The van der Waals surface area contributed by atoms with Crippen LogP contribution in [0.15, 0.2) is 70.1 Å². The Morgan fingerprint density at radius 2 is 1.85 bits per heavy atom. The van der Waals surface area contributed by atoms with Gasteiger partial charge in [-0.3, -0.25) is 9.59 Å². The standard InChI is InChI=1S/C21H17NO5/c1-2-26-21(25)15-7-3-5-9-17(15)22-19(23)12-11-14-13-27-18-10-6-4-8-16(18)20(14)24/h3-13H,2H2,1H3,(H,22,23)/b12-11+. The Morgan fingerprint density at radius 1 is 1.11 bits per heavy atom. The van der Waals surface area contributed by atoms with E-state index in [1.807, 2.05) is 0 Å². The number of para-hydroxylation sites is 2. The molecule has 0 aliphatic rings. The molecule has 0 atom stereocenters. The molecule has 0 bridgehead atoms. The molecular weight excluding hydrogens is 346 g/mol. The summed E-state index contributed by atoms with van der Waals surface area (Å²) in [5, 5.41) is 3.06. The number of anilines is 1. The second-order valence-electron chi connectivity index (χ2n) is 5.60. The normalized spacial score (nSPS) is 10.9. The van der Waals surface area contributed by atoms with E-state index in [-0.39, 0.29) is 23.2 Å². The highest BCUT2D eigenvalue weighted by Crippen LogP contribution is 2.16. The maximum Gasteiger partial charge on any atom is 0.340 e. The molecule has 0 saturated heterocycles. The van der Waals surface area contributed by atoms with E-state index >= 15 is 0 Å². The minimum atomic E-state index is -0.521. The van der Waals surface area contributed by atoms with E-state index in [0.29, 0.717) is 16.7 Å². The van der Waals surface area contributed by atoms with Crippen molar-refractivity contribution in [1.29, 1.82) is 0 Å². The van der Waals surface area contributed by atoms with Crippen LogP contribution in [0.3, 0.4) is 0 Å². The van der Waals surface area contributed by atoms with Crippen molar-refractivity contribution in [2.75, 3.05) is 11.9 Å². The SMILES string of the molecule is CCOC(=O)c1ccccc1NC(=O)/C=C/c1coc2ccccc2c1=O. The first-order valence-corrected chi connectivity index (χ1v) is 8.36. The quantitative estimate of drug-likeness (QED) is 0.553. The average molecular weight is 363 g/mol. The fourth-order valence-corrected chi connectivity index (χ4v) is 2.53. The van der Waals surface area contributed by atoms with Gasteiger partial charge in [0.2, 0.25) is 5.91 Å². The summed E-state index contributed by atoms with van der Waals surface area (Å²) in [4.78, 5) is 36.6. The number of fused-ring (bicyclic) bond motifs is 1. The minimum Gasteiger partial charge on any atom is -0.463 e. The third kappa shape index (κ3) is 4.12. The third-order valence-electron chi connectivity index (χ3n) is 3.80. The molecule has 27 heavy (non-hydrogen) atoms. The molecule has 1 heterocycles. The predicted molar refractivity (Wildman–Crippen MR) is 103 cm³/mol. The Balaban J connectivity index is 1.80. The van der Waals surface area contributed by atoms with Gasteiger partial charge in [0.25, 0.3) is 0 Å². The van der Waals surface area contributed by atoms with E-state index in [0.717, 1.165) is 0 Å². The topological polar surface area (TPSA) is 85.6 Å². The number of esters is 1. The van der Waals surface area contributed by atoms with Crippen molar-refractivity contribution in [3.05, 3.63) is 82.2 Å². The van der Waals surface area contributed by atoms with E-state index < -0.39 is 11.9 Å². The summed E-state index contributed by atoms with van der Waals surface area (Å²) < 4.78 is 10.4. The predicted octanol–water partition coefficient (Wildman–Crippen LogP) is 3.62. The first-order chi connectivity index (χ1) is 13.1. The first-order valence-electron chi connectivity index (χ1n) is 8.36. The number of hydrogen-bond acceptors (Lipinski definition) is 5. The van der Waals surface area contributed by atoms with Crippen LogP contribution in [-0.2, 0) is 9.53 Å². The summed E-state index contributed by atoms with van der Waals surface area (Å²) in [5.74, 6) is -1.01. The fourth-order valence-electron chi connectivity index (χ4n) is 2.53. The molecule has 1 amide bonds. The number of carbonyl (C=O) groups excluding carboxylic acids is 2. The lowest BCUT2D eigenvalue weighted by atomic mass is 10.1. The van der Waals surface area contributed by atoms with Gasteiger partial charge in [-0.05, 0) is 37.3 Å². The molecule has 0 fully saturated rings. The number of carbonyl (C=O) groups is 2. The van der Waals surface area contributed by atoms with E-state index in [2.05, 4.69) is 5.32 Å². The van der Waals surface area contributed by atoms with Crippen molar-refractivity contribution < 1.29 is 18.7 Å². The van der Waals surface area contributed by atoms with Gasteiger partial charge < -0.3 is 14.5 Å². The van der Waals surface area contributed by atoms with Gasteiger partial charge >= 0.3 is 5.97 Å². The highest BCUT2D eigenvalue weighted by atomic mass is 16.5. The van der Waals surface area contributed by atoms with Gasteiger partial charge in [-0.2, -0.15) is 0 Å². The number of benzene rings is 2. The summed E-state index contributed by atoms with van der Waals surface area (Å²) in [6.07, 6.45) is 3.89. The minimum absolute atomic E-state index is 0.229. The Bertz CT molecular complexity index is 1080. The molecule has 6 heteroatoms. The molecule has 0 saturated carbocycles. The second-order valence-corrected chi connectivity index (χ2v) is 5.60. The lowest BCUT2D eigenvalue weighted by Gasteiger charge is -2.08. The monoisotopic (exact) mass is 363 g/mol.